The number of hydrogen-bond donors (Lipinski definition) is 3. The van der Waals surface area contributed by atoms with Gasteiger partial charge in [-0.25, -0.2) is 28.8 Å². The molecule has 0 atom stereocenters. The number of piperidine rings is 4. The lowest BCUT2D eigenvalue weighted by molar-refractivity contribution is -0.128. The summed E-state index contributed by atoms with van der Waals surface area (Å²) in [7, 11) is 6.37. The number of rotatable bonds is 19. The number of aromatic nitrogens is 12. The van der Waals surface area contributed by atoms with Gasteiger partial charge in [0.1, 0.15) is 11.2 Å². The zero-order valence-corrected chi connectivity index (χ0v) is 74.0. The summed E-state index contributed by atoms with van der Waals surface area (Å²) in [4.78, 5) is 111. The van der Waals surface area contributed by atoms with Gasteiger partial charge in [-0.3, -0.25) is 63.1 Å². The Hall–Kier alpha value is -10.7. The number of pyridine rings is 4. The van der Waals surface area contributed by atoms with Gasteiger partial charge in [0.25, 0.3) is 0 Å². The smallest absolute Gasteiger partial charge is 0.411 e. The summed E-state index contributed by atoms with van der Waals surface area (Å²) < 4.78 is 33.7. The number of amides is 2. The van der Waals surface area contributed by atoms with Crippen molar-refractivity contribution >= 4 is 41.8 Å². The van der Waals surface area contributed by atoms with Crippen LogP contribution in [0.4, 0.5) is 9.59 Å². The number of aryl methyl sites for hydroxylation is 1. The third kappa shape index (κ3) is 23.8. The summed E-state index contributed by atoms with van der Waals surface area (Å²) in [6, 6.07) is 10.2. The molecule has 8 aliphatic heterocycles. The summed E-state index contributed by atoms with van der Waals surface area (Å²) in [5.74, 6) is -1.83. The van der Waals surface area contributed by atoms with Gasteiger partial charge in [-0.15, -0.1) is 0 Å². The number of nitrogens with one attached hydrogen (secondary N) is 2. The maximum Gasteiger partial charge on any atom is 0.411 e. The molecule has 123 heavy (non-hydrogen) atoms. The highest BCUT2D eigenvalue weighted by Crippen LogP contribution is 2.34. The topological polar surface area (TPSA) is 352 Å². The molecular weight excluding hydrogens is 1570 g/mol. The van der Waals surface area contributed by atoms with E-state index < -0.39 is 23.3 Å². The normalized spacial score (nSPS) is 18.1. The highest BCUT2D eigenvalue weighted by molar-refractivity contribution is 5.94. The number of carboxylic acid groups (broad SMARTS) is 1. The van der Waals surface area contributed by atoms with Gasteiger partial charge in [0, 0.05) is 195 Å². The number of aromatic carboxylic acids is 1. The molecular formula is C90H124N20O13. The highest BCUT2D eigenvalue weighted by atomic mass is 16.6. The zero-order valence-electron chi connectivity index (χ0n) is 74.0. The van der Waals surface area contributed by atoms with Crippen molar-refractivity contribution in [3.05, 3.63) is 188 Å². The van der Waals surface area contributed by atoms with Crippen molar-refractivity contribution in [1.82, 2.24) is 99.1 Å². The first kappa shape index (κ1) is 91.5. The van der Waals surface area contributed by atoms with E-state index in [2.05, 4.69) is 113 Å². The monoisotopic (exact) mass is 1690 g/mol. The zero-order chi connectivity index (χ0) is 87.8. The van der Waals surface area contributed by atoms with Gasteiger partial charge in [-0.2, -0.15) is 20.4 Å². The molecule has 0 spiro atoms. The Balaban J connectivity index is 0.000000144. The van der Waals surface area contributed by atoms with Crippen molar-refractivity contribution in [1.29, 1.82) is 0 Å². The first-order valence-corrected chi connectivity index (χ1v) is 43.1. The van der Waals surface area contributed by atoms with Crippen LogP contribution in [0.1, 0.15) is 226 Å². The van der Waals surface area contributed by atoms with Crippen LogP contribution >= 0.6 is 0 Å². The average Bonchev–Trinajstić information content (AvgIpc) is 1.80. The summed E-state index contributed by atoms with van der Waals surface area (Å²) in [6.45, 7) is 34.5. The first-order valence-electron chi connectivity index (χ1n) is 43.1. The molecule has 0 aromatic carbocycles. The van der Waals surface area contributed by atoms with Gasteiger partial charge in [0.15, 0.2) is 5.78 Å². The van der Waals surface area contributed by atoms with Crippen molar-refractivity contribution in [2.24, 2.45) is 0 Å². The molecule has 16 heterocycles. The van der Waals surface area contributed by atoms with Crippen molar-refractivity contribution in [3.8, 4) is 0 Å². The predicted octanol–water partition coefficient (Wildman–Crippen LogP) is 9.31. The van der Waals surface area contributed by atoms with Crippen LogP contribution in [0.15, 0.2) is 98.6 Å². The minimum absolute atomic E-state index is 0.0841. The van der Waals surface area contributed by atoms with Crippen LogP contribution in [0.25, 0.3) is 0 Å². The number of carbonyl (C=O) groups excluding carboxylic acids is 6. The van der Waals surface area contributed by atoms with Crippen molar-refractivity contribution in [2.45, 2.75) is 200 Å². The second-order valence-electron chi connectivity index (χ2n) is 35.3. The van der Waals surface area contributed by atoms with E-state index in [-0.39, 0.29) is 42.9 Å². The lowest BCUT2D eigenvalue weighted by Gasteiger charge is -2.47. The molecule has 662 valence electrons. The molecule has 0 bridgehead atoms. The number of carbonyl (C=O) groups is 7. The number of likely N-dealkylation sites (tertiary alicyclic amines) is 6. The van der Waals surface area contributed by atoms with Gasteiger partial charge in [-0.1, -0.05) is 0 Å². The molecule has 0 radical (unpaired) electrons. The van der Waals surface area contributed by atoms with Crippen molar-refractivity contribution < 1.29 is 62.4 Å². The van der Waals surface area contributed by atoms with E-state index in [0.717, 1.165) is 204 Å². The number of carboxylic acids is 1. The number of likely N-dealkylation sites (N-methyl/N-ethyl adjacent to an activating group) is 1. The van der Waals surface area contributed by atoms with E-state index in [9.17, 15) is 38.7 Å². The fraction of sp³-hybridized carbons (Fsp3) is 0.567. The Morgan fingerprint density at radius 1 is 0.431 bits per heavy atom. The summed E-state index contributed by atoms with van der Waals surface area (Å²) in [5.41, 5.74) is 13.2. The molecule has 0 saturated carbocycles. The molecule has 8 aliphatic rings. The van der Waals surface area contributed by atoms with Crippen LogP contribution in [0, 0.1) is 27.7 Å². The fourth-order valence-corrected chi connectivity index (χ4v) is 17.1. The quantitative estimate of drug-likeness (QED) is 0.0501. The largest absolute Gasteiger partial charge is 0.478 e. The lowest BCUT2D eigenvalue weighted by atomic mass is 9.99. The highest BCUT2D eigenvalue weighted by Gasteiger charge is 2.40. The van der Waals surface area contributed by atoms with Crippen molar-refractivity contribution in [2.75, 3.05) is 133 Å². The van der Waals surface area contributed by atoms with Gasteiger partial charge in [0.2, 0.25) is 0 Å². The van der Waals surface area contributed by atoms with E-state index in [1.165, 1.54) is 51.2 Å². The fourth-order valence-electron chi connectivity index (χ4n) is 17.1. The van der Waals surface area contributed by atoms with Gasteiger partial charge in [-0.05, 0) is 210 Å². The Bertz CT molecular complexity index is 4910. The number of esters is 3. The van der Waals surface area contributed by atoms with E-state index in [0.29, 0.717) is 78.1 Å². The Morgan fingerprint density at radius 2 is 0.780 bits per heavy atom. The second-order valence-corrected chi connectivity index (χ2v) is 35.3. The van der Waals surface area contributed by atoms with E-state index in [4.69, 9.17) is 33.9 Å². The SMILES string of the molecule is CC(C)(C)OC(=O)N1CC(=O)C1.COC(=O)c1ccncc1Cc1cnn(C2CCN(C3CN(C(=O)OC(C)(C)C)C3)CC2)c1C.COC(=O)c1ccncc1Cc1cnn(C2CCN(C3CNC3)CC2)c1C.COC(=O)c1ccncc1Cc1cnn(C2CCNCC2)c1C.Cc1nn(C2CCN(C3CN(C)C3)CC2)cc1Cc1cnccc1C(=O)O. The summed E-state index contributed by atoms with van der Waals surface area (Å²) in [5, 5.41) is 34.8. The number of methoxy groups -OCH3 is 3. The number of ether oxygens (including phenoxy) is 5. The average molecular weight is 1690 g/mol. The van der Waals surface area contributed by atoms with Crippen LogP contribution in [-0.2, 0) is 54.2 Å². The molecule has 16 rings (SSSR count). The molecule has 2 amide bonds. The van der Waals surface area contributed by atoms with Gasteiger partial charge >= 0.3 is 36.1 Å². The number of nitrogens with zero attached hydrogens (tertiary/aromatic N) is 18. The van der Waals surface area contributed by atoms with E-state index >= 15 is 0 Å². The standard InChI is InChI=1S/C25H35N5O4.2C20H27N5O2.C17H22N4O2.C8H13NO3/c1-17-18(12-19-13-26-9-6-22(19)23(31)33-5)14-27-30(17)20-7-10-28(11-8-20)21-15-29(16-21)24(32)34-25(2,3)4;1-14-15(9-16-10-21-6-3-19(16)20(26)27-2)11-23-25(14)17-4-7-24(8-5-17)18-12-22-13-18;1-14-16(9-15-10-21-6-3-19(15)20(26)27)11-25(22-14)17-4-7-24(8-5-17)18-12-23(2)13-18;1-12-13(11-20-21(12)15-3-6-18-7-4-15)9-14-10-19-8-5-16(14)17(22)23-2;1-8(2,3)12-7(11)9-4-6(10)5-9/h6,9,13-14,20-21H,7-8,10-12,15-16H2,1-5H3;3,6,10-11,17-18,22H,4-5,7-9,12-13H2,1-2H3;3,6,10-11,17-18H,4-5,7-9,12-13H2,1-2H3,(H,26,27);5,8,10-11,15,18H,3-4,6-7,9H2,1-2H3;4-5H2,1-3H3. The maximum atomic E-state index is 12.2. The molecule has 0 unspecified atom stereocenters. The third-order valence-electron chi connectivity index (χ3n) is 24.5. The van der Waals surface area contributed by atoms with Crippen LogP contribution < -0.4 is 10.6 Å². The minimum atomic E-state index is -0.911. The van der Waals surface area contributed by atoms with Crippen LogP contribution in [0.5, 0.6) is 0 Å². The predicted molar refractivity (Wildman–Crippen MR) is 460 cm³/mol. The third-order valence-corrected chi connectivity index (χ3v) is 24.5. The van der Waals surface area contributed by atoms with Crippen LogP contribution in [0.2, 0.25) is 0 Å². The number of Topliss-reactive ketones (excluding diaryl/α,β-unsaturated/α-hetero) is 1. The minimum Gasteiger partial charge on any atom is -0.478 e. The number of hydrogen-bond acceptors (Lipinski definition) is 26. The first-order chi connectivity index (χ1) is 58.9. The second kappa shape index (κ2) is 41.6. The molecule has 8 saturated heterocycles. The maximum absolute atomic E-state index is 12.2. The summed E-state index contributed by atoms with van der Waals surface area (Å²) >= 11 is 0. The van der Waals surface area contributed by atoms with Crippen LogP contribution in [-0.4, -0.2) is 298 Å². The van der Waals surface area contributed by atoms with Gasteiger partial charge < -0.3 is 49.2 Å². The molecule has 8 aromatic heterocycles. The molecule has 33 heteroatoms. The molecule has 3 N–H and O–H groups in total. The number of ketones is 1. The van der Waals surface area contributed by atoms with Gasteiger partial charge in [0.05, 0.1) is 105 Å². The Kier molecular flexibility index (Phi) is 31.0. The van der Waals surface area contributed by atoms with E-state index in [1.807, 2.05) is 46.3 Å². The van der Waals surface area contributed by atoms with E-state index in [1.54, 1.807) is 93.3 Å². The molecule has 8 fully saturated rings. The lowest BCUT2D eigenvalue weighted by Crippen LogP contribution is -2.62. The summed E-state index contributed by atoms with van der Waals surface area (Å²) in [6.07, 6.45) is 31.6. The van der Waals surface area contributed by atoms with Crippen molar-refractivity contribution in [3.63, 3.8) is 0 Å². The molecule has 8 aromatic rings. The Morgan fingerprint density at radius 3 is 1.14 bits per heavy atom. The van der Waals surface area contributed by atoms with Crippen LogP contribution in [0.3, 0.4) is 0 Å². The molecule has 0 aliphatic carbocycles. The molecule has 33 nitrogen and oxygen atoms in total. The Labute approximate surface area is 720 Å².